The number of fused-ring (bicyclic) bond motifs is 1. The molecule has 0 amide bonds. The van der Waals surface area contributed by atoms with Crippen LogP contribution in [0.1, 0.15) is 84.6 Å². The van der Waals surface area contributed by atoms with E-state index in [0.717, 1.165) is 32.1 Å². The van der Waals surface area contributed by atoms with Crippen molar-refractivity contribution in [3.05, 3.63) is 53.6 Å². The van der Waals surface area contributed by atoms with Gasteiger partial charge in [0.1, 0.15) is 11.2 Å². The molecule has 2 saturated carbocycles. The topological polar surface area (TPSA) is 32.7 Å². The molecule has 0 aliphatic heterocycles. The SMILES string of the molecule is C=C1C=C(C)[C@@H]([C@@H]2[C@@H](CC)[C@@H]3CC[C@@](O)(C#CC(C)(C)OC)[C@@]3(C)C[C@@H]2c2ccc(N(C)C)cc2)CC1. The van der Waals surface area contributed by atoms with E-state index in [9.17, 15) is 5.11 Å². The Kier molecular flexibility index (Phi) is 7.77. The molecule has 3 nitrogen and oxygen atoms in total. The summed E-state index contributed by atoms with van der Waals surface area (Å²) in [6.07, 6.45) is 8.50. The maximum absolute atomic E-state index is 12.2. The number of allylic oxidation sites excluding steroid dienone is 3. The second kappa shape index (κ2) is 10.3. The van der Waals surface area contributed by atoms with E-state index >= 15 is 0 Å². The van der Waals surface area contributed by atoms with Gasteiger partial charge in [0.25, 0.3) is 0 Å². The summed E-state index contributed by atoms with van der Waals surface area (Å²) < 4.78 is 5.59. The second-order valence-corrected chi connectivity index (χ2v) is 13.0. The van der Waals surface area contributed by atoms with E-state index in [4.69, 9.17) is 4.74 Å². The summed E-state index contributed by atoms with van der Waals surface area (Å²) in [5, 5.41) is 12.2. The zero-order chi connectivity index (χ0) is 27.2. The lowest BCUT2D eigenvalue weighted by Gasteiger charge is -2.56. The van der Waals surface area contributed by atoms with Crippen molar-refractivity contribution in [1.29, 1.82) is 0 Å². The van der Waals surface area contributed by atoms with Crippen LogP contribution in [-0.2, 0) is 4.74 Å². The van der Waals surface area contributed by atoms with Gasteiger partial charge in [-0.15, -0.1) is 0 Å². The van der Waals surface area contributed by atoms with Crippen molar-refractivity contribution in [2.45, 2.75) is 90.3 Å². The first-order chi connectivity index (χ1) is 17.4. The van der Waals surface area contributed by atoms with Crippen LogP contribution in [0.15, 0.2) is 48.1 Å². The number of hydrogen-bond acceptors (Lipinski definition) is 3. The molecule has 0 saturated heterocycles. The van der Waals surface area contributed by atoms with Gasteiger partial charge in [0, 0.05) is 32.3 Å². The number of ether oxygens (including phenoxy) is 1. The molecule has 0 unspecified atom stereocenters. The number of methoxy groups -OCH3 is 1. The largest absolute Gasteiger partial charge is 0.378 e. The van der Waals surface area contributed by atoms with E-state index in [2.05, 4.69) is 88.5 Å². The number of benzene rings is 1. The van der Waals surface area contributed by atoms with E-state index < -0.39 is 11.2 Å². The normalized spacial score (nSPS) is 35.9. The average Bonchev–Trinajstić information content (AvgIpc) is 3.12. The molecule has 3 aliphatic carbocycles. The zero-order valence-corrected chi connectivity index (χ0v) is 24.5. The van der Waals surface area contributed by atoms with Crippen LogP contribution in [-0.4, -0.2) is 37.5 Å². The van der Waals surface area contributed by atoms with Gasteiger partial charge in [0.2, 0.25) is 0 Å². The van der Waals surface area contributed by atoms with E-state index in [1.165, 1.54) is 28.8 Å². The van der Waals surface area contributed by atoms with Crippen molar-refractivity contribution in [2.75, 3.05) is 26.1 Å². The molecular weight excluding hydrogens is 454 g/mol. The van der Waals surface area contributed by atoms with Crippen LogP contribution >= 0.6 is 0 Å². The molecule has 3 aliphatic rings. The Hall–Kier alpha value is -2.02. The number of aliphatic hydroxyl groups is 1. The first kappa shape index (κ1) is 28.0. The molecule has 3 heteroatoms. The molecule has 7 atom stereocenters. The Labute approximate surface area is 226 Å². The molecule has 1 aromatic carbocycles. The summed E-state index contributed by atoms with van der Waals surface area (Å²) in [5.74, 6) is 9.19. The van der Waals surface area contributed by atoms with Crippen LogP contribution in [0.25, 0.3) is 0 Å². The van der Waals surface area contributed by atoms with Crippen molar-refractivity contribution in [3.8, 4) is 11.8 Å². The third-order valence-electron chi connectivity index (χ3n) is 10.3. The van der Waals surface area contributed by atoms with Gasteiger partial charge in [-0.25, -0.2) is 0 Å². The highest BCUT2D eigenvalue weighted by Crippen LogP contribution is 2.66. The molecule has 0 bridgehead atoms. The summed E-state index contributed by atoms with van der Waals surface area (Å²) in [6.45, 7) is 15.3. The predicted octanol–water partition coefficient (Wildman–Crippen LogP) is 7.37. The number of rotatable bonds is 5. The standard InChI is InChI=1S/C34H49NO2/c1-10-27-30-17-18-34(36,20-19-32(4,5)37-9)33(30,6)22-29(25-12-14-26(15-13-25)35(7)8)31(27)28-16-11-23(2)21-24(28)3/h12-15,21,27-31,36H,2,10-11,16-18,22H2,1,3-9H3/t27-,28-,29+,30-,31-,33-,34+/m0/s1. The van der Waals surface area contributed by atoms with E-state index in [-0.39, 0.29) is 5.41 Å². The maximum atomic E-state index is 12.2. The fourth-order valence-corrected chi connectivity index (χ4v) is 8.01. The average molecular weight is 504 g/mol. The first-order valence-corrected chi connectivity index (χ1v) is 14.3. The van der Waals surface area contributed by atoms with Gasteiger partial charge in [-0.05, 0) is 100 Å². The van der Waals surface area contributed by atoms with Crippen molar-refractivity contribution in [3.63, 3.8) is 0 Å². The molecule has 37 heavy (non-hydrogen) atoms. The molecule has 0 radical (unpaired) electrons. The minimum Gasteiger partial charge on any atom is -0.378 e. The third-order valence-corrected chi connectivity index (χ3v) is 10.3. The fraction of sp³-hybridized carbons (Fsp3) is 0.647. The molecule has 1 N–H and O–H groups in total. The molecule has 0 aromatic heterocycles. The molecule has 0 spiro atoms. The van der Waals surface area contributed by atoms with Crippen LogP contribution in [0.2, 0.25) is 0 Å². The van der Waals surface area contributed by atoms with Gasteiger partial charge < -0.3 is 14.7 Å². The Morgan fingerprint density at radius 1 is 1.16 bits per heavy atom. The van der Waals surface area contributed by atoms with Gasteiger partial charge in [-0.2, -0.15) is 0 Å². The highest BCUT2D eigenvalue weighted by Gasteiger charge is 2.63. The summed E-state index contributed by atoms with van der Waals surface area (Å²) >= 11 is 0. The quantitative estimate of drug-likeness (QED) is 0.426. The number of nitrogens with zero attached hydrogens (tertiary/aromatic N) is 1. The predicted molar refractivity (Wildman–Crippen MR) is 156 cm³/mol. The minimum atomic E-state index is -1.00. The zero-order valence-electron chi connectivity index (χ0n) is 24.5. The van der Waals surface area contributed by atoms with E-state index in [1.807, 2.05) is 13.8 Å². The molecule has 1 aromatic rings. The van der Waals surface area contributed by atoms with Crippen LogP contribution in [0.3, 0.4) is 0 Å². The number of anilines is 1. The fourth-order valence-electron chi connectivity index (χ4n) is 8.01. The Balaban J connectivity index is 1.82. The monoisotopic (exact) mass is 503 g/mol. The first-order valence-electron chi connectivity index (χ1n) is 14.3. The molecular formula is C34H49NO2. The maximum Gasteiger partial charge on any atom is 0.131 e. The third kappa shape index (κ3) is 5.05. The Bertz CT molecular complexity index is 1090. The van der Waals surface area contributed by atoms with E-state index in [1.54, 1.807) is 7.11 Å². The lowest BCUT2D eigenvalue weighted by atomic mass is 9.49. The molecule has 202 valence electrons. The van der Waals surface area contributed by atoms with Crippen molar-refractivity contribution in [2.24, 2.45) is 29.1 Å². The van der Waals surface area contributed by atoms with Crippen LogP contribution in [0.4, 0.5) is 5.69 Å². The van der Waals surface area contributed by atoms with Crippen molar-refractivity contribution in [1.82, 2.24) is 0 Å². The summed E-state index contributed by atoms with van der Waals surface area (Å²) in [4.78, 5) is 2.16. The van der Waals surface area contributed by atoms with Gasteiger partial charge in [-0.3, -0.25) is 0 Å². The van der Waals surface area contributed by atoms with Gasteiger partial charge in [-0.1, -0.05) is 68.0 Å². The second-order valence-electron chi connectivity index (χ2n) is 13.0. The Morgan fingerprint density at radius 3 is 2.41 bits per heavy atom. The summed E-state index contributed by atoms with van der Waals surface area (Å²) in [5.41, 5.74) is 3.56. The van der Waals surface area contributed by atoms with Crippen LogP contribution in [0.5, 0.6) is 0 Å². The molecule has 0 heterocycles. The highest BCUT2D eigenvalue weighted by molar-refractivity contribution is 5.47. The highest BCUT2D eigenvalue weighted by atomic mass is 16.5. The van der Waals surface area contributed by atoms with Gasteiger partial charge in [0.05, 0.1) is 0 Å². The van der Waals surface area contributed by atoms with Crippen LogP contribution in [0, 0.1) is 40.9 Å². The summed E-state index contributed by atoms with van der Waals surface area (Å²) in [6, 6.07) is 9.21. The minimum absolute atomic E-state index is 0.262. The lowest BCUT2D eigenvalue weighted by Crippen LogP contribution is -2.53. The van der Waals surface area contributed by atoms with E-state index in [0.29, 0.717) is 29.6 Å². The van der Waals surface area contributed by atoms with Gasteiger partial charge >= 0.3 is 0 Å². The van der Waals surface area contributed by atoms with Gasteiger partial charge in [0.15, 0.2) is 0 Å². The number of hydrogen-bond donors (Lipinski definition) is 1. The van der Waals surface area contributed by atoms with Crippen LogP contribution < -0.4 is 4.90 Å². The summed E-state index contributed by atoms with van der Waals surface area (Å²) in [7, 11) is 5.89. The lowest BCUT2D eigenvalue weighted by molar-refractivity contribution is -0.0895. The Morgan fingerprint density at radius 2 is 1.84 bits per heavy atom. The molecule has 2 fully saturated rings. The smallest absolute Gasteiger partial charge is 0.131 e. The van der Waals surface area contributed by atoms with Crippen molar-refractivity contribution < 1.29 is 9.84 Å². The molecule has 4 rings (SSSR count). The van der Waals surface area contributed by atoms with Crippen molar-refractivity contribution >= 4 is 5.69 Å².